The van der Waals surface area contributed by atoms with Crippen LogP contribution < -0.4 is 0 Å². The number of aromatic hydroxyl groups is 1. The molecule has 104 valence electrons. The Morgan fingerprint density at radius 3 is 2.32 bits per heavy atom. The molecule has 0 spiro atoms. The van der Waals surface area contributed by atoms with Gasteiger partial charge in [-0.3, -0.25) is 9.59 Å². The highest BCUT2D eigenvalue weighted by Crippen LogP contribution is 2.24. The van der Waals surface area contributed by atoms with E-state index in [1.165, 1.54) is 11.0 Å². The summed E-state index contributed by atoms with van der Waals surface area (Å²) in [4.78, 5) is 24.6. The maximum absolute atomic E-state index is 12.5. The van der Waals surface area contributed by atoms with Gasteiger partial charge in [-0.25, -0.2) is 0 Å². The van der Waals surface area contributed by atoms with Crippen molar-refractivity contribution in [2.45, 2.75) is 33.2 Å². The van der Waals surface area contributed by atoms with Crippen LogP contribution in [0, 0.1) is 6.92 Å². The maximum atomic E-state index is 12.5. The average Bonchev–Trinajstić information content (AvgIpc) is 2.27. The summed E-state index contributed by atoms with van der Waals surface area (Å²) in [5.74, 6) is -1.44. The topological polar surface area (TPSA) is 77.8 Å². The van der Waals surface area contributed by atoms with Gasteiger partial charge in [0, 0.05) is 16.7 Å². The minimum absolute atomic E-state index is 0.0232. The Kier molecular flexibility index (Phi) is 4.19. The van der Waals surface area contributed by atoms with E-state index < -0.39 is 17.4 Å². The number of amides is 1. The van der Waals surface area contributed by atoms with Crippen LogP contribution in [0.25, 0.3) is 0 Å². The number of phenolic OH excluding ortho intramolecular Hbond substituents is 1. The lowest BCUT2D eigenvalue weighted by molar-refractivity contribution is -0.138. The van der Waals surface area contributed by atoms with Gasteiger partial charge in [0.05, 0.1) is 0 Å². The molecule has 1 rings (SSSR count). The molecule has 0 radical (unpaired) electrons. The first kappa shape index (κ1) is 15.0. The third-order valence-corrected chi connectivity index (χ3v) is 2.88. The van der Waals surface area contributed by atoms with Crippen molar-refractivity contribution in [3.63, 3.8) is 0 Å². The first-order valence-electron chi connectivity index (χ1n) is 5.97. The Labute approximate surface area is 112 Å². The normalized spacial score (nSPS) is 11.2. The molecule has 0 fully saturated rings. The van der Waals surface area contributed by atoms with Crippen molar-refractivity contribution in [1.29, 1.82) is 0 Å². The van der Waals surface area contributed by atoms with Gasteiger partial charge in [-0.2, -0.15) is 0 Å². The molecule has 0 bridgehead atoms. The van der Waals surface area contributed by atoms with Gasteiger partial charge in [0.2, 0.25) is 0 Å². The van der Waals surface area contributed by atoms with Crippen LogP contribution in [0.3, 0.4) is 0 Å². The Hall–Kier alpha value is -2.04. The molecule has 2 N–H and O–H groups in total. The smallest absolute Gasteiger partial charge is 0.323 e. The molecule has 0 saturated carbocycles. The van der Waals surface area contributed by atoms with Crippen molar-refractivity contribution < 1.29 is 19.8 Å². The predicted octanol–water partition coefficient (Wildman–Crippen LogP) is 2.03. The van der Waals surface area contributed by atoms with Crippen molar-refractivity contribution in [3.05, 3.63) is 29.3 Å². The Bertz CT molecular complexity index is 503. The summed E-state index contributed by atoms with van der Waals surface area (Å²) in [6.07, 6.45) is 0. The minimum Gasteiger partial charge on any atom is -0.508 e. The van der Waals surface area contributed by atoms with Gasteiger partial charge < -0.3 is 15.1 Å². The number of rotatable bonds is 3. The van der Waals surface area contributed by atoms with E-state index in [0.29, 0.717) is 11.1 Å². The van der Waals surface area contributed by atoms with Crippen LogP contribution in [0.2, 0.25) is 0 Å². The highest BCUT2D eigenvalue weighted by molar-refractivity contribution is 5.98. The molecule has 0 atom stereocenters. The van der Waals surface area contributed by atoms with Crippen molar-refractivity contribution >= 4 is 11.9 Å². The van der Waals surface area contributed by atoms with Gasteiger partial charge in [-0.05, 0) is 39.8 Å². The van der Waals surface area contributed by atoms with Crippen molar-refractivity contribution in [3.8, 4) is 5.75 Å². The Morgan fingerprint density at radius 2 is 1.84 bits per heavy atom. The molecule has 1 aromatic carbocycles. The number of aliphatic carboxylic acids is 1. The molecule has 0 aliphatic carbocycles. The van der Waals surface area contributed by atoms with E-state index >= 15 is 0 Å². The average molecular weight is 265 g/mol. The molecular formula is C14H19NO4. The molecule has 0 aromatic heterocycles. The van der Waals surface area contributed by atoms with E-state index in [4.69, 9.17) is 5.11 Å². The number of carboxylic acids is 1. The van der Waals surface area contributed by atoms with E-state index in [-0.39, 0.29) is 12.3 Å². The van der Waals surface area contributed by atoms with Crippen LogP contribution in [0.5, 0.6) is 5.75 Å². The molecule has 0 unspecified atom stereocenters. The third kappa shape index (κ3) is 3.47. The lowest BCUT2D eigenvalue weighted by Gasteiger charge is -2.34. The maximum Gasteiger partial charge on any atom is 0.323 e. The summed E-state index contributed by atoms with van der Waals surface area (Å²) in [6, 6.07) is 4.64. The number of carbonyl (C=O) groups is 2. The first-order valence-corrected chi connectivity index (χ1v) is 5.97. The van der Waals surface area contributed by atoms with Gasteiger partial charge in [-0.15, -0.1) is 0 Å². The molecule has 1 aromatic rings. The Morgan fingerprint density at radius 1 is 1.26 bits per heavy atom. The summed E-state index contributed by atoms with van der Waals surface area (Å²) < 4.78 is 0. The van der Waals surface area contributed by atoms with Crippen LogP contribution in [0.15, 0.2) is 18.2 Å². The highest BCUT2D eigenvalue weighted by atomic mass is 16.4. The molecule has 0 aliphatic rings. The second-order valence-electron chi connectivity index (χ2n) is 5.41. The molecule has 1 amide bonds. The second-order valence-corrected chi connectivity index (χ2v) is 5.41. The number of carboxylic acid groups (broad SMARTS) is 1. The fourth-order valence-corrected chi connectivity index (χ4v) is 1.75. The van der Waals surface area contributed by atoms with Gasteiger partial charge in [0.1, 0.15) is 12.3 Å². The molecule has 0 saturated heterocycles. The number of carbonyl (C=O) groups excluding carboxylic acids is 1. The van der Waals surface area contributed by atoms with Crippen LogP contribution in [0.1, 0.15) is 36.7 Å². The summed E-state index contributed by atoms with van der Waals surface area (Å²) in [7, 11) is 0. The molecule has 0 heterocycles. The van der Waals surface area contributed by atoms with E-state index in [0.717, 1.165) is 0 Å². The van der Waals surface area contributed by atoms with Gasteiger partial charge >= 0.3 is 5.97 Å². The summed E-state index contributed by atoms with van der Waals surface area (Å²) in [6.45, 7) is 6.56. The molecule has 5 heteroatoms. The minimum atomic E-state index is -1.07. The van der Waals surface area contributed by atoms with E-state index in [1.54, 1.807) is 39.8 Å². The van der Waals surface area contributed by atoms with Crippen molar-refractivity contribution in [1.82, 2.24) is 4.90 Å². The zero-order chi connectivity index (χ0) is 14.8. The zero-order valence-electron chi connectivity index (χ0n) is 11.6. The Balaban J connectivity index is 3.20. The third-order valence-electron chi connectivity index (χ3n) is 2.88. The molecule has 19 heavy (non-hydrogen) atoms. The molecule has 5 nitrogen and oxygen atoms in total. The summed E-state index contributed by atoms with van der Waals surface area (Å²) in [5.41, 5.74) is 0.149. The summed E-state index contributed by atoms with van der Waals surface area (Å²) in [5, 5.41) is 18.6. The molecular weight excluding hydrogens is 246 g/mol. The lowest BCUT2D eigenvalue weighted by atomic mass is 10.0. The van der Waals surface area contributed by atoms with Crippen molar-refractivity contribution in [2.75, 3.05) is 6.54 Å². The predicted molar refractivity (Wildman–Crippen MR) is 71.3 cm³/mol. The van der Waals surface area contributed by atoms with Gasteiger partial charge in [-0.1, -0.05) is 6.07 Å². The number of hydrogen-bond acceptors (Lipinski definition) is 3. The number of benzene rings is 1. The van der Waals surface area contributed by atoms with Crippen molar-refractivity contribution in [2.24, 2.45) is 0 Å². The number of phenols is 1. The van der Waals surface area contributed by atoms with Crippen LogP contribution in [0.4, 0.5) is 0 Å². The fraction of sp³-hybridized carbons (Fsp3) is 0.429. The monoisotopic (exact) mass is 265 g/mol. The van der Waals surface area contributed by atoms with Crippen LogP contribution in [-0.2, 0) is 4.79 Å². The quantitative estimate of drug-likeness (QED) is 0.876. The van der Waals surface area contributed by atoms with Crippen LogP contribution >= 0.6 is 0 Å². The van der Waals surface area contributed by atoms with Gasteiger partial charge in [0.15, 0.2) is 0 Å². The highest BCUT2D eigenvalue weighted by Gasteiger charge is 2.30. The fourth-order valence-electron chi connectivity index (χ4n) is 1.75. The largest absolute Gasteiger partial charge is 0.508 e. The van der Waals surface area contributed by atoms with Gasteiger partial charge in [0.25, 0.3) is 5.91 Å². The molecule has 0 aliphatic heterocycles. The lowest BCUT2D eigenvalue weighted by Crippen LogP contribution is -2.48. The summed E-state index contributed by atoms with van der Waals surface area (Å²) >= 11 is 0. The zero-order valence-corrected chi connectivity index (χ0v) is 11.6. The number of hydrogen-bond donors (Lipinski definition) is 2. The SMILES string of the molecule is Cc1c(O)cccc1C(=O)N(CC(=O)O)C(C)(C)C. The van der Waals surface area contributed by atoms with E-state index in [9.17, 15) is 14.7 Å². The number of nitrogens with zero attached hydrogens (tertiary/aromatic N) is 1. The van der Waals surface area contributed by atoms with E-state index in [1.807, 2.05) is 0 Å². The van der Waals surface area contributed by atoms with E-state index in [2.05, 4.69) is 0 Å². The first-order chi connectivity index (χ1) is 8.64. The van der Waals surface area contributed by atoms with Crippen LogP contribution in [-0.4, -0.2) is 39.1 Å². The second kappa shape index (κ2) is 5.30. The standard InChI is InChI=1S/C14H19NO4/c1-9-10(6-5-7-11(9)16)13(19)15(8-12(17)18)14(2,3)4/h5-7,16H,8H2,1-4H3,(H,17,18).